The smallest absolute Gasteiger partial charge is 0.254 e. The molecule has 1 fully saturated rings. The number of hydrogen-bond acceptors (Lipinski definition) is 5. The van der Waals surface area contributed by atoms with Gasteiger partial charge in [0.1, 0.15) is 18.1 Å². The average Bonchev–Trinajstić information content (AvgIpc) is 3.42. The summed E-state index contributed by atoms with van der Waals surface area (Å²) in [6.45, 7) is 4.51. The van der Waals surface area contributed by atoms with E-state index in [1.807, 2.05) is 0 Å². The molecule has 1 saturated heterocycles. The Balaban J connectivity index is 1.51. The molecule has 0 spiro atoms. The molecule has 0 saturated carbocycles. The van der Waals surface area contributed by atoms with Crippen molar-refractivity contribution < 1.29 is 23.1 Å². The first-order chi connectivity index (χ1) is 18.4. The second kappa shape index (κ2) is 13.8. The number of ether oxygens (including phenoxy) is 1. The third kappa shape index (κ3) is 8.30. The molecule has 1 aliphatic heterocycles. The summed E-state index contributed by atoms with van der Waals surface area (Å²) >= 11 is 12.3. The van der Waals surface area contributed by atoms with Crippen LogP contribution in [0.25, 0.3) is 0 Å². The van der Waals surface area contributed by atoms with Gasteiger partial charge in [-0.05, 0) is 54.4 Å². The van der Waals surface area contributed by atoms with E-state index in [2.05, 4.69) is 4.90 Å². The normalized spacial score (nSPS) is 13.9. The Kier molecular flexibility index (Phi) is 10.2. The Labute approximate surface area is 231 Å². The van der Waals surface area contributed by atoms with Gasteiger partial charge in [0.2, 0.25) is 5.91 Å². The van der Waals surface area contributed by atoms with Crippen LogP contribution in [0.4, 0.5) is 4.39 Å². The molecule has 0 aliphatic carbocycles. The van der Waals surface area contributed by atoms with Gasteiger partial charge in [-0.3, -0.25) is 14.5 Å². The molecular weight excluding hydrogens is 532 g/mol. The highest BCUT2D eigenvalue weighted by Gasteiger charge is 2.24. The highest BCUT2D eigenvalue weighted by Crippen LogP contribution is 2.21. The summed E-state index contributed by atoms with van der Waals surface area (Å²) in [5.74, 6) is -0.342. The Morgan fingerprint density at radius 1 is 0.947 bits per heavy atom. The predicted molar refractivity (Wildman–Crippen MR) is 144 cm³/mol. The van der Waals surface area contributed by atoms with Crippen LogP contribution in [0.1, 0.15) is 28.1 Å². The van der Waals surface area contributed by atoms with Gasteiger partial charge in [0.05, 0.1) is 26.0 Å². The molecule has 4 rings (SSSR count). The van der Waals surface area contributed by atoms with E-state index in [1.54, 1.807) is 53.6 Å². The number of carbonyl (C=O) groups is 2. The average molecular weight is 562 g/mol. The summed E-state index contributed by atoms with van der Waals surface area (Å²) in [5.41, 5.74) is 1.08. The van der Waals surface area contributed by atoms with Gasteiger partial charge < -0.3 is 19.0 Å². The van der Waals surface area contributed by atoms with Crippen LogP contribution in [-0.2, 0) is 22.6 Å². The van der Waals surface area contributed by atoms with Crippen LogP contribution in [0, 0.1) is 5.82 Å². The van der Waals surface area contributed by atoms with Crippen molar-refractivity contribution in [3.63, 3.8) is 0 Å². The Morgan fingerprint density at radius 2 is 1.66 bits per heavy atom. The zero-order chi connectivity index (χ0) is 26.9. The van der Waals surface area contributed by atoms with Crippen LogP contribution in [0.3, 0.4) is 0 Å². The summed E-state index contributed by atoms with van der Waals surface area (Å²) in [5, 5.41) is 0.687. The van der Waals surface area contributed by atoms with E-state index in [0.29, 0.717) is 47.5 Å². The first-order valence-electron chi connectivity index (χ1n) is 12.5. The molecule has 3 aromatic rings. The first-order valence-corrected chi connectivity index (χ1v) is 13.2. The molecule has 1 aromatic heterocycles. The van der Waals surface area contributed by atoms with Crippen molar-refractivity contribution in [3.05, 3.63) is 93.6 Å². The molecule has 7 nitrogen and oxygen atoms in total. The monoisotopic (exact) mass is 561 g/mol. The molecular formula is C28H30Cl2FN3O4. The summed E-state index contributed by atoms with van der Waals surface area (Å²) in [6, 6.07) is 14.2. The summed E-state index contributed by atoms with van der Waals surface area (Å²) < 4.78 is 24.3. The second-order valence-electron chi connectivity index (χ2n) is 9.15. The Morgan fingerprint density at radius 3 is 2.32 bits per heavy atom. The molecule has 1 aliphatic rings. The van der Waals surface area contributed by atoms with E-state index < -0.39 is 0 Å². The van der Waals surface area contributed by atoms with E-state index in [9.17, 15) is 14.0 Å². The summed E-state index contributed by atoms with van der Waals surface area (Å²) in [4.78, 5) is 32.6. The standard InChI is InChI=1S/C28H30Cl2FN3O4/c29-23-15-22(16-24(30)17-23)28(36)33(9-2-8-32-10-13-37-14-11-32)20-27(35)34(19-26-3-1-12-38-26)18-21-4-6-25(31)7-5-21/h1,3-7,12,15-17H,2,8-11,13-14,18-20H2. The van der Waals surface area contributed by atoms with E-state index in [1.165, 1.54) is 17.0 Å². The number of hydrogen-bond donors (Lipinski definition) is 0. The van der Waals surface area contributed by atoms with Crippen LogP contribution >= 0.6 is 23.2 Å². The van der Waals surface area contributed by atoms with Gasteiger partial charge in [-0.15, -0.1) is 0 Å². The van der Waals surface area contributed by atoms with E-state index >= 15 is 0 Å². The van der Waals surface area contributed by atoms with Crippen molar-refractivity contribution in [1.29, 1.82) is 0 Å². The molecule has 0 N–H and O–H groups in total. The maximum Gasteiger partial charge on any atom is 0.254 e. The lowest BCUT2D eigenvalue weighted by atomic mass is 10.1. The minimum atomic E-state index is -0.352. The van der Waals surface area contributed by atoms with Gasteiger partial charge in [0.15, 0.2) is 0 Å². The second-order valence-corrected chi connectivity index (χ2v) is 10.0. The van der Waals surface area contributed by atoms with Crippen LogP contribution in [-0.4, -0.2) is 72.5 Å². The molecule has 0 bridgehead atoms. The number of carbonyl (C=O) groups excluding carboxylic acids is 2. The molecule has 2 amide bonds. The zero-order valence-corrected chi connectivity index (χ0v) is 22.5. The summed E-state index contributed by atoms with van der Waals surface area (Å²) in [6.07, 6.45) is 2.23. The summed E-state index contributed by atoms with van der Waals surface area (Å²) in [7, 11) is 0. The molecule has 202 valence electrons. The number of furan rings is 1. The quantitative estimate of drug-likeness (QED) is 0.325. The predicted octanol–water partition coefficient (Wildman–Crippen LogP) is 5.12. The molecule has 2 heterocycles. The lowest BCUT2D eigenvalue weighted by Crippen LogP contribution is -2.44. The van der Waals surface area contributed by atoms with Crippen LogP contribution in [0.15, 0.2) is 65.3 Å². The van der Waals surface area contributed by atoms with Crippen LogP contribution in [0.5, 0.6) is 0 Å². The molecule has 2 aromatic carbocycles. The van der Waals surface area contributed by atoms with Gasteiger partial charge in [-0.2, -0.15) is 0 Å². The largest absolute Gasteiger partial charge is 0.467 e. The van der Waals surface area contributed by atoms with Gasteiger partial charge >= 0.3 is 0 Å². The third-order valence-electron chi connectivity index (χ3n) is 6.30. The third-order valence-corrected chi connectivity index (χ3v) is 6.73. The first kappa shape index (κ1) is 28.1. The van der Waals surface area contributed by atoms with E-state index in [-0.39, 0.29) is 37.3 Å². The van der Waals surface area contributed by atoms with Gasteiger partial charge in [-0.1, -0.05) is 35.3 Å². The highest BCUT2D eigenvalue weighted by molar-refractivity contribution is 6.35. The number of amides is 2. The van der Waals surface area contributed by atoms with Crippen LogP contribution in [0.2, 0.25) is 10.0 Å². The molecule has 0 unspecified atom stereocenters. The van der Waals surface area contributed by atoms with Crippen molar-refractivity contribution in [1.82, 2.24) is 14.7 Å². The maximum atomic E-state index is 13.6. The molecule has 0 radical (unpaired) electrons. The van der Waals surface area contributed by atoms with Crippen molar-refractivity contribution in [3.8, 4) is 0 Å². The fourth-order valence-corrected chi connectivity index (χ4v) is 4.84. The number of benzene rings is 2. The lowest BCUT2D eigenvalue weighted by Gasteiger charge is -2.30. The molecule has 38 heavy (non-hydrogen) atoms. The number of halogens is 3. The van der Waals surface area contributed by atoms with E-state index in [0.717, 1.165) is 25.2 Å². The Bertz CT molecular complexity index is 1180. The van der Waals surface area contributed by atoms with Crippen molar-refractivity contribution >= 4 is 35.0 Å². The number of nitrogens with zero attached hydrogens (tertiary/aromatic N) is 3. The van der Waals surface area contributed by atoms with Crippen LogP contribution < -0.4 is 0 Å². The number of rotatable bonds is 11. The fourth-order valence-electron chi connectivity index (χ4n) is 4.32. The fraction of sp³-hybridized carbons (Fsp3) is 0.357. The molecule has 0 atom stereocenters. The van der Waals surface area contributed by atoms with Gasteiger partial charge in [0, 0.05) is 48.3 Å². The maximum absolute atomic E-state index is 13.6. The van der Waals surface area contributed by atoms with Gasteiger partial charge in [0.25, 0.3) is 5.91 Å². The highest BCUT2D eigenvalue weighted by atomic mass is 35.5. The number of morpholine rings is 1. The zero-order valence-electron chi connectivity index (χ0n) is 21.0. The van der Waals surface area contributed by atoms with Gasteiger partial charge in [-0.25, -0.2) is 4.39 Å². The van der Waals surface area contributed by atoms with E-state index in [4.69, 9.17) is 32.4 Å². The van der Waals surface area contributed by atoms with Crippen molar-refractivity contribution in [2.45, 2.75) is 19.5 Å². The van der Waals surface area contributed by atoms with Crippen molar-refractivity contribution in [2.75, 3.05) is 45.9 Å². The lowest BCUT2D eigenvalue weighted by molar-refractivity contribution is -0.133. The minimum absolute atomic E-state index is 0.145. The SMILES string of the molecule is O=C(CN(CCCN1CCOCC1)C(=O)c1cc(Cl)cc(Cl)c1)N(Cc1ccc(F)cc1)Cc1ccco1. The minimum Gasteiger partial charge on any atom is -0.467 e. The molecule has 10 heteroatoms. The van der Waals surface area contributed by atoms with Crippen molar-refractivity contribution in [2.24, 2.45) is 0 Å². The Hall–Kier alpha value is -2.91. The topological polar surface area (TPSA) is 66.2 Å².